The van der Waals surface area contributed by atoms with Gasteiger partial charge in [0.1, 0.15) is 0 Å². The lowest BCUT2D eigenvalue weighted by atomic mass is 9.95. The molecule has 2 aromatic rings. The summed E-state index contributed by atoms with van der Waals surface area (Å²) in [5.74, 6) is 0.0744. The molecule has 0 aromatic heterocycles. The molecule has 0 aliphatic carbocycles. The van der Waals surface area contributed by atoms with E-state index >= 15 is 0 Å². The molecule has 2 heterocycles. The highest BCUT2D eigenvalue weighted by atomic mass is 35.5. The van der Waals surface area contributed by atoms with E-state index in [0.29, 0.717) is 29.6 Å². The largest absolute Gasteiger partial charge is 0.341 e. The van der Waals surface area contributed by atoms with E-state index in [2.05, 4.69) is 36.5 Å². The molecule has 170 valence electrons. The average molecular weight is 474 g/mol. The molecule has 0 spiro atoms. The molecule has 32 heavy (non-hydrogen) atoms. The predicted octanol–water partition coefficient (Wildman–Crippen LogP) is 5.16. The number of nitrogens with one attached hydrogen (secondary N) is 1. The van der Waals surface area contributed by atoms with Gasteiger partial charge in [-0.05, 0) is 61.4 Å². The highest BCUT2D eigenvalue weighted by Gasteiger charge is 2.38. The number of urea groups is 1. The van der Waals surface area contributed by atoms with Crippen LogP contribution in [-0.2, 0) is 11.2 Å². The van der Waals surface area contributed by atoms with E-state index in [1.165, 1.54) is 5.56 Å². The van der Waals surface area contributed by atoms with Crippen molar-refractivity contribution in [2.45, 2.75) is 38.6 Å². The van der Waals surface area contributed by atoms with Crippen molar-refractivity contribution in [2.75, 3.05) is 26.7 Å². The average Bonchev–Trinajstić information content (AvgIpc) is 3.16. The van der Waals surface area contributed by atoms with Crippen molar-refractivity contribution in [3.05, 3.63) is 57.6 Å². The van der Waals surface area contributed by atoms with Crippen molar-refractivity contribution in [2.24, 2.45) is 5.92 Å². The number of carbonyl (C=O) groups is 2. The number of nitrogens with zero attached hydrogens (tertiary/aromatic N) is 2. The summed E-state index contributed by atoms with van der Waals surface area (Å²) >= 11 is 13.3. The van der Waals surface area contributed by atoms with Gasteiger partial charge in [0.15, 0.2) is 0 Å². The fourth-order valence-electron chi connectivity index (χ4n) is 4.81. The van der Waals surface area contributed by atoms with Gasteiger partial charge in [-0.1, -0.05) is 53.0 Å². The first-order valence-electron chi connectivity index (χ1n) is 11.2. The van der Waals surface area contributed by atoms with E-state index in [1.54, 1.807) is 7.05 Å². The minimum absolute atomic E-state index is 0.0487. The van der Waals surface area contributed by atoms with Crippen molar-refractivity contribution in [1.82, 2.24) is 15.1 Å². The summed E-state index contributed by atoms with van der Waals surface area (Å²) in [7, 11) is 1.65. The van der Waals surface area contributed by atoms with Gasteiger partial charge < -0.3 is 15.1 Å². The van der Waals surface area contributed by atoms with Gasteiger partial charge in [0.2, 0.25) is 5.91 Å². The summed E-state index contributed by atoms with van der Waals surface area (Å²) in [6.07, 6.45) is 3.00. The van der Waals surface area contributed by atoms with E-state index in [0.717, 1.165) is 42.5 Å². The maximum atomic E-state index is 13.2. The zero-order valence-corrected chi connectivity index (χ0v) is 20.0. The Labute approximate surface area is 199 Å². The monoisotopic (exact) mass is 473 g/mol. The summed E-state index contributed by atoms with van der Waals surface area (Å²) in [5, 5.41) is 3.89. The number of amides is 3. The second-order valence-electron chi connectivity index (χ2n) is 8.78. The number of likely N-dealkylation sites (tertiary alicyclic amines) is 2. The maximum absolute atomic E-state index is 13.2. The Balaban J connectivity index is 1.42. The summed E-state index contributed by atoms with van der Waals surface area (Å²) in [6, 6.07) is 12.3. The molecule has 0 unspecified atom stereocenters. The van der Waals surface area contributed by atoms with Gasteiger partial charge >= 0.3 is 6.03 Å². The zero-order valence-electron chi connectivity index (χ0n) is 18.5. The van der Waals surface area contributed by atoms with Gasteiger partial charge in [-0.3, -0.25) is 4.79 Å². The van der Waals surface area contributed by atoms with Crippen LogP contribution in [0.4, 0.5) is 4.79 Å². The third-order valence-electron chi connectivity index (χ3n) is 6.73. The molecule has 2 saturated heterocycles. The Morgan fingerprint density at radius 3 is 2.22 bits per heavy atom. The fraction of sp³-hybridized carbons (Fsp3) is 0.440. The van der Waals surface area contributed by atoms with Crippen LogP contribution in [-0.4, -0.2) is 54.5 Å². The van der Waals surface area contributed by atoms with E-state index in [4.69, 9.17) is 23.2 Å². The molecular formula is C25H29Cl2N3O2. The van der Waals surface area contributed by atoms with E-state index in [9.17, 15) is 9.59 Å². The summed E-state index contributed by atoms with van der Waals surface area (Å²) < 4.78 is 0. The lowest BCUT2D eigenvalue weighted by Crippen LogP contribution is -2.49. The molecule has 3 amide bonds. The number of hydrogen-bond acceptors (Lipinski definition) is 2. The molecule has 2 aliphatic heterocycles. The first-order chi connectivity index (χ1) is 15.4. The number of carbonyl (C=O) groups excluding carboxylic acids is 2. The van der Waals surface area contributed by atoms with E-state index in [-0.39, 0.29) is 23.9 Å². The Hall–Kier alpha value is -2.24. The zero-order chi connectivity index (χ0) is 22.8. The van der Waals surface area contributed by atoms with Gasteiger partial charge in [-0.2, -0.15) is 0 Å². The van der Waals surface area contributed by atoms with Crippen LogP contribution in [0.15, 0.2) is 36.4 Å². The highest BCUT2D eigenvalue weighted by molar-refractivity contribution is 6.36. The Morgan fingerprint density at radius 2 is 1.62 bits per heavy atom. The number of halogens is 2. The van der Waals surface area contributed by atoms with Crippen molar-refractivity contribution in [3.63, 3.8) is 0 Å². The van der Waals surface area contributed by atoms with Gasteiger partial charge in [0.05, 0.1) is 0 Å². The van der Waals surface area contributed by atoms with Crippen LogP contribution in [0.2, 0.25) is 10.0 Å². The smallest absolute Gasteiger partial charge is 0.317 e. The lowest BCUT2D eigenvalue weighted by Gasteiger charge is -2.36. The molecule has 5 nitrogen and oxygen atoms in total. The third kappa shape index (κ3) is 4.74. The third-order valence-corrected chi connectivity index (χ3v) is 7.41. The molecule has 7 heteroatoms. The molecule has 2 fully saturated rings. The first-order valence-corrected chi connectivity index (χ1v) is 11.9. The molecule has 1 N–H and O–H groups in total. The Morgan fingerprint density at radius 1 is 1.00 bits per heavy atom. The van der Waals surface area contributed by atoms with Crippen LogP contribution in [0.3, 0.4) is 0 Å². The van der Waals surface area contributed by atoms with Gasteiger partial charge in [0, 0.05) is 48.7 Å². The quantitative estimate of drug-likeness (QED) is 0.666. The molecule has 0 bridgehead atoms. The molecular weight excluding hydrogens is 445 g/mol. The van der Waals surface area contributed by atoms with Crippen LogP contribution in [0.25, 0.3) is 11.1 Å². The lowest BCUT2D eigenvalue weighted by molar-refractivity contribution is -0.133. The second-order valence-corrected chi connectivity index (χ2v) is 9.59. The van der Waals surface area contributed by atoms with Gasteiger partial charge in [-0.25, -0.2) is 4.79 Å². The number of hydrogen-bond donors (Lipinski definition) is 1. The summed E-state index contributed by atoms with van der Waals surface area (Å²) in [6.45, 7) is 4.17. The molecule has 0 saturated carbocycles. The molecule has 2 aliphatic rings. The highest BCUT2D eigenvalue weighted by Crippen LogP contribution is 2.36. The van der Waals surface area contributed by atoms with Crippen molar-refractivity contribution >= 4 is 35.1 Å². The SMILES string of the molecule is CNC(=O)N1CCC(N2CC[C@@H](Cc3c(Cl)cc(-c4ccc(C)cc4)cc3Cl)C2=O)CC1. The van der Waals surface area contributed by atoms with Crippen molar-refractivity contribution in [1.29, 1.82) is 0 Å². The van der Waals surface area contributed by atoms with Crippen molar-refractivity contribution in [3.8, 4) is 11.1 Å². The van der Waals surface area contributed by atoms with Crippen LogP contribution in [0.1, 0.15) is 30.4 Å². The van der Waals surface area contributed by atoms with E-state index < -0.39 is 0 Å². The van der Waals surface area contributed by atoms with Gasteiger partial charge in [0.25, 0.3) is 0 Å². The minimum atomic E-state index is -0.104. The second kappa shape index (κ2) is 9.72. The predicted molar refractivity (Wildman–Crippen MR) is 129 cm³/mol. The maximum Gasteiger partial charge on any atom is 0.317 e. The standard InChI is InChI=1S/C25H29Cl2N3O2/c1-16-3-5-17(6-4-16)19-14-22(26)21(23(27)15-19)13-18-7-12-30(24(18)31)20-8-10-29(11-9-20)25(32)28-2/h3-6,14-15,18,20H,7-13H2,1-2H3,(H,28,32)/t18-/m0/s1. The number of aryl methyl sites for hydroxylation is 1. The molecule has 2 aromatic carbocycles. The first kappa shape index (κ1) is 22.9. The van der Waals surface area contributed by atoms with Gasteiger partial charge in [-0.15, -0.1) is 0 Å². The number of benzene rings is 2. The minimum Gasteiger partial charge on any atom is -0.341 e. The Kier molecular flexibility index (Phi) is 6.96. The summed E-state index contributed by atoms with van der Waals surface area (Å²) in [5.41, 5.74) is 4.09. The van der Waals surface area contributed by atoms with Crippen LogP contribution >= 0.6 is 23.2 Å². The Bertz CT molecular complexity index is 978. The van der Waals surface area contributed by atoms with E-state index in [1.807, 2.05) is 21.9 Å². The normalized spacial score (nSPS) is 19.5. The van der Waals surface area contributed by atoms with Crippen LogP contribution < -0.4 is 5.32 Å². The number of rotatable bonds is 4. The fourth-order valence-corrected chi connectivity index (χ4v) is 5.45. The molecule has 0 radical (unpaired) electrons. The molecule has 1 atom stereocenters. The molecule has 4 rings (SSSR count). The summed E-state index contributed by atoms with van der Waals surface area (Å²) in [4.78, 5) is 28.8. The number of piperidine rings is 1. The van der Waals surface area contributed by atoms with Crippen LogP contribution in [0.5, 0.6) is 0 Å². The topological polar surface area (TPSA) is 52.7 Å². The van der Waals surface area contributed by atoms with Crippen molar-refractivity contribution < 1.29 is 9.59 Å². The van der Waals surface area contributed by atoms with Crippen LogP contribution in [0, 0.1) is 12.8 Å².